The van der Waals surface area contributed by atoms with E-state index in [9.17, 15) is 14.4 Å². The third-order valence-corrected chi connectivity index (χ3v) is 5.23. The summed E-state index contributed by atoms with van der Waals surface area (Å²) in [6.07, 6.45) is 0. The molecule has 7 heteroatoms. The van der Waals surface area contributed by atoms with Gasteiger partial charge in [0.2, 0.25) is 5.88 Å². The summed E-state index contributed by atoms with van der Waals surface area (Å²) in [5.74, 6) is -1.03. The van der Waals surface area contributed by atoms with Gasteiger partial charge in [0.1, 0.15) is 23.0 Å². The number of nitrogens with two attached hydrogens (primary N) is 1. The summed E-state index contributed by atoms with van der Waals surface area (Å²) in [5.41, 5.74) is 6.30. The second kappa shape index (κ2) is 7.60. The van der Waals surface area contributed by atoms with Crippen LogP contribution < -0.4 is 20.8 Å². The molecule has 1 aromatic heterocycles. The van der Waals surface area contributed by atoms with E-state index >= 15 is 0 Å². The van der Waals surface area contributed by atoms with Crippen molar-refractivity contribution in [3.8, 4) is 23.3 Å². The minimum Gasteiger partial charge on any atom is -0.454 e. The Morgan fingerprint density at radius 2 is 1.78 bits per heavy atom. The lowest BCUT2D eigenvalue weighted by atomic mass is 9.83. The molecule has 6 nitrogen and oxygen atoms in total. The van der Waals surface area contributed by atoms with E-state index < -0.39 is 17.4 Å². The standard InChI is InChI=1S/C25H15FN2O4/c26-18-11-10-14(12-20(18)30-15-6-2-1-3-7-15)21-17(13-27)24(28)32-23-16-8-4-5-9-19(16)31-25(29)22(21)23/h1-12,21H,28H2/t21-/m0/s1. The molecule has 0 saturated heterocycles. The first kappa shape index (κ1) is 19.4. The van der Waals surface area contributed by atoms with Crippen LogP contribution in [0.1, 0.15) is 17.0 Å². The Morgan fingerprint density at radius 1 is 1.03 bits per heavy atom. The lowest BCUT2D eigenvalue weighted by Gasteiger charge is -2.26. The first-order valence-electron chi connectivity index (χ1n) is 9.72. The van der Waals surface area contributed by atoms with Crippen molar-refractivity contribution in [3.63, 3.8) is 0 Å². The quantitative estimate of drug-likeness (QED) is 0.466. The van der Waals surface area contributed by atoms with E-state index in [1.54, 1.807) is 48.5 Å². The zero-order valence-corrected chi connectivity index (χ0v) is 16.5. The van der Waals surface area contributed by atoms with Crippen LogP contribution in [0.2, 0.25) is 0 Å². The Bertz CT molecular complexity index is 1490. The molecule has 0 fully saturated rings. The van der Waals surface area contributed by atoms with Gasteiger partial charge in [-0.25, -0.2) is 9.18 Å². The molecule has 1 atom stereocenters. The van der Waals surface area contributed by atoms with E-state index in [1.165, 1.54) is 18.2 Å². The van der Waals surface area contributed by atoms with Crippen LogP contribution in [-0.4, -0.2) is 0 Å². The molecule has 1 aliphatic rings. The molecule has 1 aliphatic heterocycles. The third-order valence-electron chi connectivity index (χ3n) is 5.23. The topological polar surface area (TPSA) is 98.5 Å². The lowest BCUT2D eigenvalue weighted by molar-refractivity contribution is 0.387. The fourth-order valence-corrected chi connectivity index (χ4v) is 3.79. The summed E-state index contributed by atoms with van der Waals surface area (Å²) in [7, 11) is 0. The van der Waals surface area contributed by atoms with Crippen molar-refractivity contribution >= 4 is 11.0 Å². The molecule has 3 aromatic carbocycles. The fraction of sp³-hybridized carbons (Fsp3) is 0.0400. The van der Waals surface area contributed by atoms with Gasteiger partial charge in [0.15, 0.2) is 17.3 Å². The molecule has 2 N–H and O–H groups in total. The SMILES string of the molecule is N#CC1=C(N)Oc2c(c(=O)oc3ccccc23)[C@H]1c1ccc(F)c(Oc2ccccc2)c1. The number of hydrogen-bond donors (Lipinski definition) is 1. The number of nitrogens with zero attached hydrogens (tertiary/aromatic N) is 1. The molecule has 0 spiro atoms. The molecular weight excluding hydrogens is 411 g/mol. The van der Waals surface area contributed by atoms with Gasteiger partial charge in [-0.05, 0) is 42.0 Å². The maximum atomic E-state index is 14.5. The van der Waals surface area contributed by atoms with Crippen molar-refractivity contribution in [2.45, 2.75) is 5.92 Å². The largest absolute Gasteiger partial charge is 0.454 e. The van der Waals surface area contributed by atoms with Crippen molar-refractivity contribution < 1.29 is 18.3 Å². The van der Waals surface area contributed by atoms with E-state index in [4.69, 9.17) is 19.6 Å². The normalized spacial score (nSPS) is 15.1. The van der Waals surface area contributed by atoms with Gasteiger partial charge in [0, 0.05) is 0 Å². The third kappa shape index (κ3) is 3.15. The summed E-state index contributed by atoms with van der Waals surface area (Å²) in [6.45, 7) is 0. The Hall–Kier alpha value is -4.57. The van der Waals surface area contributed by atoms with E-state index in [2.05, 4.69) is 0 Å². The second-order valence-corrected chi connectivity index (χ2v) is 7.16. The van der Waals surface area contributed by atoms with Gasteiger partial charge in [-0.15, -0.1) is 0 Å². The number of nitriles is 1. The summed E-state index contributed by atoms with van der Waals surface area (Å²) in [6, 6.07) is 21.7. The predicted octanol–water partition coefficient (Wildman–Crippen LogP) is 4.94. The second-order valence-electron chi connectivity index (χ2n) is 7.16. The van der Waals surface area contributed by atoms with Gasteiger partial charge in [-0.1, -0.05) is 36.4 Å². The van der Waals surface area contributed by atoms with Crippen molar-refractivity contribution in [3.05, 3.63) is 112 Å². The molecule has 0 bridgehead atoms. The highest BCUT2D eigenvalue weighted by Crippen LogP contribution is 2.44. The first-order valence-corrected chi connectivity index (χ1v) is 9.72. The molecule has 0 amide bonds. The highest BCUT2D eigenvalue weighted by Gasteiger charge is 2.35. The molecule has 0 aliphatic carbocycles. The number of rotatable bonds is 3. The number of para-hydroxylation sites is 2. The minimum atomic E-state index is -0.914. The van der Waals surface area contributed by atoms with Crippen LogP contribution in [0, 0.1) is 17.1 Å². The average Bonchev–Trinajstić information content (AvgIpc) is 2.80. The van der Waals surface area contributed by atoms with Gasteiger partial charge in [0.05, 0.1) is 16.9 Å². The molecule has 32 heavy (non-hydrogen) atoms. The maximum absolute atomic E-state index is 14.5. The number of ether oxygens (including phenoxy) is 2. The maximum Gasteiger partial charge on any atom is 0.344 e. The average molecular weight is 426 g/mol. The molecule has 156 valence electrons. The molecule has 2 heterocycles. The van der Waals surface area contributed by atoms with Gasteiger partial charge in [-0.2, -0.15) is 5.26 Å². The molecule has 0 unspecified atom stereocenters. The Balaban J connectivity index is 1.72. The van der Waals surface area contributed by atoms with E-state index in [-0.39, 0.29) is 28.5 Å². The fourth-order valence-electron chi connectivity index (χ4n) is 3.79. The van der Waals surface area contributed by atoms with Crippen LogP contribution in [0.4, 0.5) is 4.39 Å². The first-order chi connectivity index (χ1) is 15.6. The van der Waals surface area contributed by atoms with Crippen LogP contribution >= 0.6 is 0 Å². The number of hydrogen-bond acceptors (Lipinski definition) is 6. The van der Waals surface area contributed by atoms with Crippen molar-refractivity contribution in [1.82, 2.24) is 0 Å². The van der Waals surface area contributed by atoms with E-state index in [1.807, 2.05) is 12.1 Å². The predicted molar refractivity (Wildman–Crippen MR) is 115 cm³/mol. The Morgan fingerprint density at radius 3 is 2.56 bits per heavy atom. The highest BCUT2D eigenvalue weighted by molar-refractivity contribution is 5.86. The van der Waals surface area contributed by atoms with Gasteiger partial charge in [0.25, 0.3) is 0 Å². The van der Waals surface area contributed by atoms with Crippen LogP contribution in [-0.2, 0) is 0 Å². The summed E-state index contributed by atoms with van der Waals surface area (Å²) in [4.78, 5) is 12.9. The molecule has 0 radical (unpaired) electrons. The van der Waals surface area contributed by atoms with Crippen LogP contribution in [0.25, 0.3) is 11.0 Å². The molecule has 0 saturated carbocycles. The van der Waals surface area contributed by atoms with Gasteiger partial charge in [-0.3, -0.25) is 0 Å². The monoisotopic (exact) mass is 426 g/mol. The van der Waals surface area contributed by atoms with Crippen molar-refractivity contribution in [2.24, 2.45) is 5.73 Å². The number of allylic oxidation sites excluding steroid dienone is 1. The smallest absolute Gasteiger partial charge is 0.344 e. The lowest BCUT2D eigenvalue weighted by Crippen LogP contribution is -2.26. The van der Waals surface area contributed by atoms with Crippen LogP contribution in [0.15, 0.2) is 93.5 Å². The number of benzene rings is 3. The summed E-state index contributed by atoms with van der Waals surface area (Å²) < 4.78 is 31.4. The van der Waals surface area contributed by atoms with Gasteiger partial charge >= 0.3 is 5.63 Å². The molecular formula is C25H15FN2O4. The highest BCUT2D eigenvalue weighted by atomic mass is 19.1. The number of halogens is 1. The van der Waals surface area contributed by atoms with Crippen LogP contribution in [0.3, 0.4) is 0 Å². The Labute approximate surface area is 181 Å². The van der Waals surface area contributed by atoms with E-state index in [0.717, 1.165) is 0 Å². The summed E-state index contributed by atoms with van der Waals surface area (Å²) >= 11 is 0. The van der Waals surface area contributed by atoms with Crippen molar-refractivity contribution in [2.75, 3.05) is 0 Å². The zero-order chi connectivity index (χ0) is 22.2. The minimum absolute atomic E-state index is 0.0253. The summed E-state index contributed by atoms with van der Waals surface area (Å²) in [5, 5.41) is 10.3. The molecule has 4 aromatic rings. The van der Waals surface area contributed by atoms with E-state index in [0.29, 0.717) is 22.3 Å². The Kier molecular flexibility index (Phi) is 4.61. The van der Waals surface area contributed by atoms with Crippen LogP contribution in [0.5, 0.6) is 17.2 Å². The van der Waals surface area contributed by atoms with Crippen molar-refractivity contribution in [1.29, 1.82) is 5.26 Å². The van der Waals surface area contributed by atoms with Gasteiger partial charge < -0.3 is 19.6 Å². The number of fused-ring (bicyclic) bond motifs is 3. The molecule has 5 rings (SSSR count). The zero-order valence-electron chi connectivity index (χ0n) is 16.5.